The molecule has 0 aliphatic rings. The first-order chi connectivity index (χ1) is 18.6. The van der Waals surface area contributed by atoms with Crippen molar-refractivity contribution < 1.29 is 24.0 Å². The molecule has 11 heteroatoms. The van der Waals surface area contributed by atoms with Gasteiger partial charge in [0.15, 0.2) is 5.13 Å². The van der Waals surface area contributed by atoms with E-state index in [1.165, 1.54) is 29.5 Å². The van der Waals surface area contributed by atoms with Crippen LogP contribution in [0.5, 0.6) is 0 Å². The number of benzene rings is 3. The smallest absolute Gasteiger partial charge is 0.326 e. The van der Waals surface area contributed by atoms with Crippen LogP contribution >= 0.6 is 11.3 Å². The molecule has 0 bridgehead atoms. The number of carboxylic acids is 1. The maximum atomic E-state index is 14.9. The Hall–Kier alpha value is -4.64. The molecule has 0 spiro atoms. The lowest BCUT2D eigenvalue weighted by Gasteiger charge is -2.23. The van der Waals surface area contributed by atoms with Gasteiger partial charge in [0.25, 0.3) is 11.6 Å². The number of anilines is 2. The van der Waals surface area contributed by atoms with Crippen LogP contribution in [-0.2, 0) is 11.3 Å². The molecule has 0 saturated carbocycles. The number of amides is 1. The van der Waals surface area contributed by atoms with Crippen molar-refractivity contribution in [3.8, 4) is 11.3 Å². The minimum absolute atomic E-state index is 0.0554. The van der Waals surface area contributed by atoms with Gasteiger partial charge in [0.2, 0.25) is 0 Å². The van der Waals surface area contributed by atoms with E-state index in [4.69, 9.17) is 0 Å². The van der Waals surface area contributed by atoms with Crippen LogP contribution in [0.1, 0.15) is 29.8 Å². The summed E-state index contributed by atoms with van der Waals surface area (Å²) in [6.07, 6.45) is 0. The molecule has 4 rings (SSSR count). The van der Waals surface area contributed by atoms with Gasteiger partial charge in [-0.05, 0) is 35.7 Å². The van der Waals surface area contributed by atoms with Crippen LogP contribution in [0.4, 0.5) is 20.9 Å². The summed E-state index contributed by atoms with van der Waals surface area (Å²) in [4.78, 5) is 41.1. The lowest BCUT2D eigenvalue weighted by atomic mass is 10.0. The number of nitrogens with one attached hydrogen (secondary N) is 1. The molecule has 1 unspecified atom stereocenters. The van der Waals surface area contributed by atoms with E-state index in [0.29, 0.717) is 27.6 Å². The number of nitro groups is 1. The summed E-state index contributed by atoms with van der Waals surface area (Å²) in [6.45, 7) is 3.64. The number of aromatic nitrogens is 1. The Balaban J connectivity index is 1.61. The summed E-state index contributed by atoms with van der Waals surface area (Å²) >= 11 is 1.27. The van der Waals surface area contributed by atoms with E-state index in [2.05, 4.69) is 10.3 Å². The number of nitro benzene ring substituents is 1. The summed E-state index contributed by atoms with van der Waals surface area (Å²) in [5, 5.41) is 25.3. The highest BCUT2D eigenvalue weighted by atomic mass is 32.1. The third-order valence-electron chi connectivity index (χ3n) is 6.00. The highest BCUT2D eigenvalue weighted by Gasteiger charge is 2.24. The molecular weight excluding hydrogens is 523 g/mol. The lowest BCUT2D eigenvalue weighted by molar-refractivity contribution is -0.384. The largest absolute Gasteiger partial charge is 0.480 e. The number of carbonyl (C=O) groups excluding carboxylic acids is 1. The van der Waals surface area contributed by atoms with Crippen LogP contribution in [0, 0.1) is 21.8 Å². The summed E-state index contributed by atoms with van der Waals surface area (Å²) in [5.74, 6) is -2.35. The Kier molecular flexibility index (Phi) is 8.30. The maximum Gasteiger partial charge on any atom is 0.326 e. The molecule has 0 fully saturated rings. The van der Waals surface area contributed by atoms with Gasteiger partial charge in [-0.1, -0.05) is 50.2 Å². The zero-order chi connectivity index (χ0) is 28.1. The predicted octanol–water partition coefficient (Wildman–Crippen LogP) is 6.03. The minimum atomic E-state index is -1.11. The van der Waals surface area contributed by atoms with Crippen LogP contribution in [0.15, 0.2) is 78.2 Å². The molecular formula is C28H25FN4O5S. The first kappa shape index (κ1) is 27.4. The number of thiazole rings is 1. The van der Waals surface area contributed by atoms with Crippen LogP contribution < -0.4 is 10.2 Å². The van der Waals surface area contributed by atoms with Gasteiger partial charge in [0, 0.05) is 28.6 Å². The Labute approximate surface area is 227 Å². The van der Waals surface area contributed by atoms with Gasteiger partial charge in [-0.15, -0.1) is 11.3 Å². The third kappa shape index (κ3) is 6.44. The Bertz CT molecular complexity index is 1510. The average molecular weight is 549 g/mol. The molecule has 0 aliphatic carbocycles. The molecule has 200 valence electrons. The van der Waals surface area contributed by atoms with E-state index in [0.717, 1.165) is 5.56 Å². The number of non-ortho nitro benzene ring substituents is 1. The van der Waals surface area contributed by atoms with E-state index in [9.17, 15) is 29.2 Å². The molecule has 1 amide bonds. The first-order valence-electron chi connectivity index (χ1n) is 12.0. The van der Waals surface area contributed by atoms with E-state index < -0.39 is 28.7 Å². The standard InChI is InChI=1S/C28H25FN4O5S/c1-17(2)25(27(35)36)31-26(34)19-12-10-18(11-13-19)15-32(24-9-4-3-8-22(24)29)28-30-23(16-39-28)20-6-5-7-21(14-20)33(37)38/h3-14,16-17,25H,15H2,1-2H3,(H,31,34)(H,35,36). The van der Waals surface area contributed by atoms with Gasteiger partial charge in [-0.3, -0.25) is 14.9 Å². The molecule has 3 aromatic carbocycles. The quantitative estimate of drug-likeness (QED) is 0.183. The van der Waals surface area contributed by atoms with Crippen molar-refractivity contribution >= 4 is 39.7 Å². The third-order valence-corrected chi connectivity index (χ3v) is 6.86. The summed E-state index contributed by atoms with van der Waals surface area (Å²) < 4.78 is 14.9. The monoisotopic (exact) mass is 548 g/mol. The molecule has 1 aromatic heterocycles. The Morgan fingerprint density at radius 2 is 1.82 bits per heavy atom. The SMILES string of the molecule is CC(C)C(NC(=O)c1ccc(CN(c2nc(-c3cccc([N+](=O)[O-])c3)cs2)c2ccccc2F)cc1)C(=O)O. The number of hydrogen-bond acceptors (Lipinski definition) is 7. The molecule has 0 aliphatic heterocycles. The van der Waals surface area contributed by atoms with Crippen molar-refractivity contribution in [3.63, 3.8) is 0 Å². The Morgan fingerprint density at radius 3 is 2.46 bits per heavy atom. The Morgan fingerprint density at radius 1 is 1.10 bits per heavy atom. The van der Waals surface area contributed by atoms with Crippen molar-refractivity contribution in [2.75, 3.05) is 4.90 Å². The van der Waals surface area contributed by atoms with Gasteiger partial charge in [0.05, 0.1) is 22.8 Å². The molecule has 0 radical (unpaired) electrons. The second-order valence-corrected chi connectivity index (χ2v) is 9.93. The number of hydrogen-bond donors (Lipinski definition) is 2. The number of carboxylic acid groups (broad SMARTS) is 1. The van der Waals surface area contributed by atoms with Crippen molar-refractivity contribution in [1.82, 2.24) is 10.3 Å². The second kappa shape index (κ2) is 11.8. The molecule has 9 nitrogen and oxygen atoms in total. The fraction of sp³-hybridized carbons (Fsp3) is 0.179. The fourth-order valence-electron chi connectivity index (χ4n) is 3.91. The van der Waals surface area contributed by atoms with Gasteiger partial charge >= 0.3 is 5.97 Å². The van der Waals surface area contributed by atoms with Crippen LogP contribution in [0.3, 0.4) is 0 Å². The normalized spacial score (nSPS) is 11.7. The molecule has 4 aromatic rings. The van der Waals surface area contributed by atoms with Crippen LogP contribution in [-0.4, -0.2) is 32.9 Å². The van der Waals surface area contributed by atoms with E-state index in [1.807, 2.05) is 0 Å². The van der Waals surface area contributed by atoms with Gasteiger partial charge in [0.1, 0.15) is 11.9 Å². The fourth-order valence-corrected chi connectivity index (χ4v) is 4.76. The van der Waals surface area contributed by atoms with Crippen molar-refractivity contribution in [2.24, 2.45) is 5.92 Å². The maximum absolute atomic E-state index is 14.9. The predicted molar refractivity (Wildman–Crippen MR) is 147 cm³/mol. The van der Waals surface area contributed by atoms with E-state index in [1.54, 1.807) is 78.7 Å². The average Bonchev–Trinajstić information content (AvgIpc) is 3.41. The highest BCUT2D eigenvalue weighted by Crippen LogP contribution is 2.35. The van der Waals surface area contributed by atoms with E-state index >= 15 is 0 Å². The number of halogens is 1. The second-order valence-electron chi connectivity index (χ2n) is 9.09. The van der Waals surface area contributed by atoms with Crippen molar-refractivity contribution in [3.05, 3.63) is 105 Å². The number of aliphatic carboxylic acids is 1. The molecule has 0 saturated heterocycles. The topological polar surface area (TPSA) is 126 Å². The van der Waals surface area contributed by atoms with Crippen LogP contribution in [0.2, 0.25) is 0 Å². The van der Waals surface area contributed by atoms with Crippen LogP contribution in [0.25, 0.3) is 11.3 Å². The van der Waals surface area contributed by atoms with Crippen molar-refractivity contribution in [1.29, 1.82) is 0 Å². The zero-order valence-electron chi connectivity index (χ0n) is 21.1. The summed E-state index contributed by atoms with van der Waals surface area (Å²) in [7, 11) is 0. The first-order valence-corrected chi connectivity index (χ1v) is 12.9. The van der Waals surface area contributed by atoms with Crippen molar-refractivity contribution in [2.45, 2.75) is 26.4 Å². The number of nitrogens with zero attached hydrogens (tertiary/aromatic N) is 3. The summed E-state index contributed by atoms with van der Waals surface area (Å²) in [5.41, 5.74) is 2.37. The number of carbonyl (C=O) groups is 2. The van der Waals surface area contributed by atoms with Gasteiger partial charge in [-0.25, -0.2) is 14.2 Å². The molecule has 1 atom stereocenters. The molecule has 2 N–H and O–H groups in total. The number of rotatable bonds is 10. The van der Waals surface area contributed by atoms with E-state index in [-0.39, 0.29) is 18.2 Å². The highest BCUT2D eigenvalue weighted by molar-refractivity contribution is 7.14. The lowest BCUT2D eigenvalue weighted by Crippen LogP contribution is -2.44. The zero-order valence-corrected chi connectivity index (χ0v) is 21.9. The summed E-state index contributed by atoms with van der Waals surface area (Å²) in [6, 6.07) is 18.0. The minimum Gasteiger partial charge on any atom is -0.480 e. The van der Waals surface area contributed by atoms with Gasteiger partial charge in [-0.2, -0.15) is 0 Å². The van der Waals surface area contributed by atoms with Gasteiger partial charge < -0.3 is 15.3 Å². The molecule has 39 heavy (non-hydrogen) atoms. The molecule has 1 heterocycles. The number of para-hydroxylation sites is 1.